The monoisotopic (exact) mass is 482 g/mol. The maximum Gasteiger partial charge on any atom is 0.295 e. The van der Waals surface area contributed by atoms with Gasteiger partial charge in [0.1, 0.15) is 23.0 Å². The largest absolute Gasteiger partial charge is 0.507 e. The number of hydrogen-bond donors (Lipinski definition) is 1. The van der Waals surface area contributed by atoms with Crippen LogP contribution in [0.4, 0.5) is 0 Å². The van der Waals surface area contributed by atoms with E-state index in [0.29, 0.717) is 41.3 Å². The molecule has 1 aliphatic rings. The van der Waals surface area contributed by atoms with Gasteiger partial charge < -0.3 is 29.1 Å². The number of aliphatic hydroxyl groups excluding tert-OH is 1. The van der Waals surface area contributed by atoms with E-state index < -0.39 is 17.7 Å². The second-order valence-electron chi connectivity index (χ2n) is 8.95. The number of aliphatic hydroxyl groups is 1. The zero-order chi connectivity index (χ0) is 25.7. The third kappa shape index (κ3) is 5.77. The molecule has 188 valence electrons. The number of carbonyl (C=O) groups excluding carboxylic acids is 2. The van der Waals surface area contributed by atoms with E-state index in [-0.39, 0.29) is 17.4 Å². The maximum absolute atomic E-state index is 13.3. The normalized spacial score (nSPS) is 17.4. The number of likely N-dealkylation sites (tertiary alicyclic amines) is 1. The Morgan fingerprint density at radius 3 is 2.26 bits per heavy atom. The molecule has 0 radical (unpaired) electrons. The number of ether oxygens (including phenoxy) is 3. The fraction of sp³-hybridized carbons (Fsp3) is 0.407. The molecule has 1 aliphatic heterocycles. The van der Waals surface area contributed by atoms with Crippen LogP contribution < -0.4 is 14.2 Å². The zero-order valence-corrected chi connectivity index (χ0v) is 21.2. The summed E-state index contributed by atoms with van der Waals surface area (Å²) in [7, 11) is 6.96. The topological polar surface area (TPSA) is 88.5 Å². The van der Waals surface area contributed by atoms with Crippen LogP contribution in [0.2, 0.25) is 0 Å². The Balaban J connectivity index is 2.14. The Hall–Kier alpha value is -3.52. The van der Waals surface area contributed by atoms with Crippen molar-refractivity contribution in [3.8, 4) is 17.2 Å². The Kier molecular flexibility index (Phi) is 8.40. The second kappa shape index (κ2) is 11.3. The van der Waals surface area contributed by atoms with Crippen LogP contribution in [0.5, 0.6) is 17.2 Å². The number of amides is 1. The van der Waals surface area contributed by atoms with Crippen LogP contribution in [0.1, 0.15) is 37.4 Å². The van der Waals surface area contributed by atoms with E-state index >= 15 is 0 Å². The van der Waals surface area contributed by atoms with Gasteiger partial charge in [-0.3, -0.25) is 9.59 Å². The molecule has 0 saturated carbocycles. The van der Waals surface area contributed by atoms with Gasteiger partial charge in [-0.15, -0.1) is 0 Å². The molecule has 0 aliphatic carbocycles. The minimum absolute atomic E-state index is 0.00228. The number of Topliss-reactive ketones (excluding diaryl/α,β-unsaturated/α-hetero) is 1. The van der Waals surface area contributed by atoms with Gasteiger partial charge in [0.2, 0.25) is 0 Å². The van der Waals surface area contributed by atoms with Crippen molar-refractivity contribution in [3.05, 3.63) is 59.2 Å². The van der Waals surface area contributed by atoms with Crippen molar-refractivity contribution in [2.45, 2.75) is 32.4 Å². The first-order chi connectivity index (χ1) is 16.7. The summed E-state index contributed by atoms with van der Waals surface area (Å²) in [6, 6.07) is 11.2. The SMILES string of the molecule is COc1ccc(OC)c([C@@H]2/C(=C(\O)c3ccc(OC(C)C)cc3)C(=O)C(=O)N2CCCN(C)C)c1. The highest BCUT2D eigenvalue weighted by atomic mass is 16.5. The summed E-state index contributed by atoms with van der Waals surface area (Å²) in [4.78, 5) is 29.9. The highest BCUT2D eigenvalue weighted by Crippen LogP contribution is 2.44. The first-order valence-electron chi connectivity index (χ1n) is 11.6. The summed E-state index contributed by atoms with van der Waals surface area (Å²) < 4.78 is 16.6. The molecule has 1 N–H and O–H groups in total. The van der Waals surface area contributed by atoms with Gasteiger partial charge in [0, 0.05) is 17.7 Å². The Labute approximate surface area is 206 Å². The van der Waals surface area contributed by atoms with Gasteiger partial charge in [-0.1, -0.05) is 0 Å². The third-order valence-corrected chi connectivity index (χ3v) is 5.78. The van der Waals surface area contributed by atoms with Crippen LogP contribution in [0.25, 0.3) is 5.76 Å². The highest BCUT2D eigenvalue weighted by molar-refractivity contribution is 6.46. The molecule has 8 heteroatoms. The fourth-order valence-corrected chi connectivity index (χ4v) is 4.16. The lowest BCUT2D eigenvalue weighted by atomic mass is 9.94. The summed E-state index contributed by atoms with van der Waals surface area (Å²) >= 11 is 0. The predicted molar refractivity (Wildman–Crippen MR) is 134 cm³/mol. The van der Waals surface area contributed by atoms with E-state index in [4.69, 9.17) is 14.2 Å². The first kappa shape index (κ1) is 26.1. The van der Waals surface area contributed by atoms with E-state index in [1.54, 1.807) is 49.6 Å². The van der Waals surface area contributed by atoms with Gasteiger partial charge in [-0.2, -0.15) is 0 Å². The zero-order valence-electron chi connectivity index (χ0n) is 21.2. The van der Waals surface area contributed by atoms with Crippen molar-refractivity contribution in [2.24, 2.45) is 0 Å². The molecule has 2 aromatic carbocycles. The molecule has 8 nitrogen and oxygen atoms in total. The van der Waals surface area contributed by atoms with E-state index in [0.717, 1.165) is 6.54 Å². The second-order valence-corrected chi connectivity index (χ2v) is 8.95. The lowest BCUT2D eigenvalue weighted by molar-refractivity contribution is -0.140. The van der Waals surface area contributed by atoms with Crippen molar-refractivity contribution in [3.63, 3.8) is 0 Å². The van der Waals surface area contributed by atoms with Crippen LogP contribution in [0.15, 0.2) is 48.0 Å². The lowest BCUT2D eigenvalue weighted by Crippen LogP contribution is -2.32. The number of benzene rings is 2. The summed E-state index contributed by atoms with van der Waals surface area (Å²) in [5.74, 6) is 0.0533. The molecule has 0 bridgehead atoms. The highest BCUT2D eigenvalue weighted by Gasteiger charge is 2.47. The van der Waals surface area contributed by atoms with Crippen molar-refractivity contribution in [1.29, 1.82) is 0 Å². The molecule has 1 saturated heterocycles. The van der Waals surface area contributed by atoms with Crippen molar-refractivity contribution in [1.82, 2.24) is 9.80 Å². The van der Waals surface area contributed by atoms with Crippen LogP contribution in [-0.2, 0) is 9.59 Å². The minimum atomic E-state index is -0.825. The van der Waals surface area contributed by atoms with E-state index in [2.05, 4.69) is 0 Å². The summed E-state index contributed by atoms with van der Waals surface area (Å²) in [5, 5.41) is 11.3. The molecule has 0 unspecified atom stereocenters. The Morgan fingerprint density at radius 1 is 1.03 bits per heavy atom. The Bertz CT molecular complexity index is 1090. The third-order valence-electron chi connectivity index (χ3n) is 5.78. The van der Waals surface area contributed by atoms with Crippen molar-refractivity contribution < 1.29 is 28.9 Å². The molecule has 2 aromatic rings. The average Bonchev–Trinajstić information content (AvgIpc) is 3.08. The van der Waals surface area contributed by atoms with Crippen LogP contribution >= 0.6 is 0 Å². The van der Waals surface area contributed by atoms with Gasteiger partial charge in [-0.25, -0.2) is 0 Å². The molecular formula is C27H34N2O6. The number of methoxy groups -OCH3 is 2. The standard InChI is InChI=1S/C27H34N2O6/c1-17(2)35-19-10-8-18(9-11-19)25(30)23-24(21-16-20(33-5)12-13-22(21)34-6)29(27(32)26(23)31)15-7-14-28(3)4/h8-13,16-17,24,30H,7,14-15H2,1-6H3/b25-23+/t24-/m1/s1. The lowest BCUT2D eigenvalue weighted by Gasteiger charge is -2.27. The van der Waals surface area contributed by atoms with Crippen molar-refractivity contribution >= 4 is 17.4 Å². The summed E-state index contributed by atoms with van der Waals surface area (Å²) in [5.41, 5.74) is 1.00. The molecule has 3 rings (SSSR count). The fourth-order valence-electron chi connectivity index (χ4n) is 4.16. The quantitative estimate of drug-likeness (QED) is 0.312. The van der Waals surface area contributed by atoms with E-state index in [9.17, 15) is 14.7 Å². The van der Waals surface area contributed by atoms with Gasteiger partial charge in [-0.05, 0) is 83.4 Å². The number of nitrogens with zero attached hydrogens (tertiary/aromatic N) is 2. The van der Waals surface area contributed by atoms with Gasteiger partial charge in [0.05, 0.1) is 31.9 Å². The predicted octanol–water partition coefficient (Wildman–Crippen LogP) is 3.86. The smallest absolute Gasteiger partial charge is 0.295 e. The average molecular weight is 483 g/mol. The molecule has 0 spiro atoms. The van der Waals surface area contributed by atoms with Crippen LogP contribution in [-0.4, -0.2) is 74.1 Å². The number of carbonyl (C=O) groups is 2. The van der Waals surface area contributed by atoms with Crippen LogP contribution in [0, 0.1) is 0 Å². The Morgan fingerprint density at radius 2 is 1.69 bits per heavy atom. The number of rotatable bonds is 10. The minimum Gasteiger partial charge on any atom is -0.507 e. The molecule has 1 amide bonds. The van der Waals surface area contributed by atoms with Crippen molar-refractivity contribution in [2.75, 3.05) is 41.4 Å². The molecule has 0 aromatic heterocycles. The van der Waals surface area contributed by atoms with Crippen LogP contribution in [0.3, 0.4) is 0 Å². The first-order valence-corrected chi connectivity index (χ1v) is 11.6. The molecule has 1 heterocycles. The van der Waals surface area contributed by atoms with E-state index in [1.165, 1.54) is 12.0 Å². The summed E-state index contributed by atoms with van der Waals surface area (Å²) in [6.45, 7) is 4.92. The molecular weight excluding hydrogens is 448 g/mol. The number of hydrogen-bond acceptors (Lipinski definition) is 7. The van der Waals surface area contributed by atoms with Gasteiger partial charge in [0.15, 0.2) is 0 Å². The van der Waals surface area contributed by atoms with Gasteiger partial charge in [0.25, 0.3) is 11.7 Å². The molecule has 35 heavy (non-hydrogen) atoms. The number of ketones is 1. The van der Waals surface area contributed by atoms with E-state index in [1.807, 2.05) is 32.8 Å². The van der Waals surface area contributed by atoms with Gasteiger partial charge >= 0.3 is 0 Å². The summed E-state index contributed by atoms with van der Waals surface area (Å²) in [6.07, 6.45) is 0.659. The molecule has 1 fully saturated rings. The maximum atomic E-state index is 13.3. The molecule has 1 atom stereocenters.